The number of carbonyl (C=O) groups is 1. The summed E-state index contributed by atoms with van der Waals surface area (Å²) in [6.07, 6.45) is -4.41. The molecule has 1 amide bonds. The molecule has 1 aromatic carbocycles. The zero-order chi connectivity index (χ0) is 21.6. The maximum Gasteiger partial charge on any atom is 0.416 e. The summed E-state index contributed by atoms with van der Waals surface area (Å²) in [4.78, 5) is 18.7. The molecule has 0 saturated carbocycles. The van der Waals surface area contributed by atoms with Crippen LogP contribution in [0.3, 0.4) is 0 Å². The van der Waals surface area contributed by atoms with Crippen LogP contribution >= 0.6 is 24.0 Å². The second kappa shape index (κ2) is 11.7. The van der Waals surface area contributed by atoms with Crippen LogP contribution in [0.2, 0.25) is 0 Å². The normalized spacial score (nSPS) is 20.1. The summed E-state index contributed by atoms with van der Waals surface area (Å²) in [5.74, 6) is 0.743. The first-order chi connectivity index (χ1) is 13.6. The van der Waals surface area contributed by atoms with Gasteiger partial charge in [0, 0.05) is 50.9 Å². The number of hydrogen-bond acceptors (Lipinski definition) is 3. The number of aliphatic imine (C=N–C) groups is 1. The smallest absolute Gasteiger partial charge is 0.355 e. The van der Waals surface area contributed by atoms with Gasteiger partial charge in [0.2, 0.25) is 0 Å². The Morgan fingerprint density at radius 1 is 1.17 bits per heavy atom. The van der Waals surface area contributed by atoms with E-state index in [0.29, 0.717) is 37.1 Å². The van der Waals surface area contributed by atoms with Crippen molar-refractivity contribution >= 4 is 35.8 Å². The minimum atomic E-state index is -4.41. The van der Waals surface area contributed by atoms with Gasteiger partial charge >= 0.3 is 6.18 Å². The summed E-state index contributed by atoms with van der Waals surface area (Å²) in [5.41, 5.74) is -0.586. The molecule has 1 aliphatic rings. The molecule has 1 aliphatic heterocycles. The number of guanidine groups is 1. The van der Waals surface area contributed by atoms with Gasteiger partial charge in [-0.3, -0.25) is 14.7 Å². The molecule has 2 unspecified atom stereocenters. The van der Waals surface area contributed by atoms with Gasteiger partial charge in [0.05, 0.1) is 5.56 Å². The first kappa shape index (κ1) is 26.5. The van der Waals surface area contributed by atoms with Gasteiger partial charge in [0.25, 0.3) is 5.91 Å². The molecule has 30 heavy (non-hydrogen) atoms. The van der Waals surface area contributed by atoms with Gasteiger partial charge in [-0.05, 0) is 44.0 Å². The molecule has 2 atom stereocenters. The second-order valence-corrected chi connectivity index (χ2v) is 7.61. The van der Waals surface area contributed by atoms with Crippen molar-refractivity contribution in [1.29, 1.82) is 0 Å². The number of hydrogen-bond donors (Lipinski definition) is 3. The number of nitrogens with zero attached hydrogens (tertiary/aromatic N) is 2. The molecule has 10 heteroatoms. The third-order valence-electron chi connectivity index (χ3n) is 5.09. The molecule has 1 fully saturated rings. The van der Waals surface area contributed by atoms with Crippen molar-refractivity contribution in [3.63, 3.8) is 0 Å². The number of likely N-dealkylation sites (tertiary alicyclic amines) is 1. The summed E-state index contributed by atoms with van der Waals surface area (Å²) in [5, 5.41) is 9.26. The molecule has 3 N–H and O–H groups in total. The summed E-state index contributed by atoms with van der Waals surface area (Å²) in [6.45, 7) is 9.32. The molecule has 0 bridgehead atoms. The van der Waals surface area contributed by atoms with Gasteiger partial charge in [0.15, 0.2) is 5.96 Å². The SMILES string of the molecule is CN=C(NCCNC(=O)c1ccc(C(F)(F)F)cc1)NC1CN(C(C)C)CC1C.I. The van der Waals surface area contributed by atoms with Crippen LogP contribution in [0.4, 0.5) is 13.2 Å². The first-order valence-corrected chi connectivity index (χ1v) is 9.78. The summed E-state index contributed by atoms with van der Waals surface area (Å²) < 4.78 is 37.7. The fourth-order valence-corrected chi connectivity index (χ4v) is 3.25. The van der Waals surface area contributed by atoms with Gasteiger partial charge in [-0.1, -0.05) is 6.92 Å². The van der Waals surface area contributed by atoms with Crippen molar-refractivity contribution in [2.75, 3.05) is 33.2 Å². The minimum Gasteiger partial charge on any atom is -0.355 e. The Morgan fingerprint density at radius 2 is 1.77 bits per heavy atom. The third-order valence-corrected chi connectivity index (χ3v) is 5.09. The zero-order valence-corrected chi connectivity index (χ0v) is 20.0. The Kier molecular flexibility index (Phi) is 10.4. The molecule has 1 aromatic rings. The van der Waals surface area contributed by atoms with E-state index >= 15 is 0 Å². The fraction of sp³-hybridized carbons (Fsp3) is 0.600. The lowest BCUT2D eigenvalue weighted by atomic mass is 10.1. The topological polar surface area (TPSA) is 68.8 Å². The highest BCUT2D eigenvalue weighted by Gasteiger charge is 2.31. The third kappa shape index (κ3) is 7.60. The lowest BCUT2D eigenvalue weighted by Crippen LogP contribution is -2.48. The Balaban J connectivity index is 0.00000450. The largest absolute Gasteiger partial charge is 0.416 e. The highest BCUT2D eigenvalue weighted by Crippen LogP contribution is 2.29. The van der Waals surface area contributed by atoms with Crippen LogP contribution in [0.5, 0.6) is 0 Å². The van der Waals surface area contributed by atoms with E-state index in [-0.39, 0.29) is 29.5 Å². The van der Waals surface area contributed by atoms with Gasteiger partial charge in [0.1, 0.15) is 0 Å². The molecule has 0 aliphatic carbocycles. The van der Waals surface area contributed by atoms with Crippen molar-refractivity contribution in [2.24, 2.45) is 10.9 Å². The quantitative estimate of drug-likeness (QED) is 0.224. The number of nitrogens with one attached hydrogen (secondary N) is 3. The number of carbonyl (C=O) groups excluding carboxylic acids is 1. The predicted octanol–water partition coefficient (Wildman–Crippen LogP) is 2.95. The number of amides is 1. The average molecular weight is 541 g/mol. The van der Waals surface area contributed by atoms with E-state index in [1.165, 1.54) is 12.1 Å². The highest BCUT2D eigenvalue weighted by molar-refractivity contribution is 14.0. The fourth-order valence-electron chi connectivity index (χ4n) is 3.25. The molecule has 6 nitrogen and oxygen atoms in total. The lowest BCUT2D eigenvalue weighted by molar-refractivity contribution is -0.137. The lowest BCUT2D eigenvalue weighted by Gasteiger charge is -2.22. The molecule has 1 saturated heterocycles. The van der Waals surface area contributed by atoms with Crippen LogP contribution in [0.1, 0.15) is 36.7 Å². The van der Waals surface area contributed by atoms with Crippen LogP contribution in [-0.2, 0) is 6.18 Å². The van der Waals surface area contributed by atoms with E-state index in [0.717, 1.165) is 25.2 Å². The first-order valence-electron chi connectivity index (χ1n) is 9.78. The molecule has 2 rings (SSSR count). The van der Waals surface area contributed by atoms with Gasteiger partial charge in [-0.25, -0.2) is 0 Å². The summed E-state index contributed by atoms with van der Waals surface area (Å²) >= 11 is 0. The highest BCUT2D eigenvalue weighted by atomic mass is 127. The van der Waals surface area contributed by atoms with Crippen molar-refractivity contribution in [3.8, 4) is 0 Å². The Hall–Kier alpha value is -1.56. The van der Waals surface area contributed by atoms with Gasteiger partial charge in [-0.15, -0.1) is 24.0 Å². The van der Waals surface area contributed by atoms with E-state index in [2.05, 4.69) is 46.6 Å². The molecule has 0 aromatic heterocycles. The Labute approximate surface area is 193 Å². The van der Waals surface area contributed by atoms with Crippen LogP contribution in [0, 0.1) is 5.92 Å². The Morgan fingerprint density at radius 3 is 2.27 bits per heavy atom. The molecular formula is C20H31F3IN5O. The number of halogens is 4. The van der Waals surface area contributed by atoms with E-state index in [1.807, 2.05) is 0 Å². The van der Waals surface area contributed by atoms with Crippen LogP contribution in [0.25, 0.3) is 0 Å². The van der Waals surface area contributed by atoms with Gasteiger partial charge < -0.3 is 16.0 Å². The van der Waals surface area contributed by atoms with Crippen molar-refractivity contribution in [2.45, 2.75) is 39.0 Å². The van der Waals surface area contributed by atoms with E-state index < -0.39 is 17.6 Å². The maximum absolute atomic E-state index is 12.6. The standard InChI is InChI=1S/C20H30F3N5O.HI/c1-13(2)28-11-14(3)17(12-28)27-19(24-4)26-10-9-25-18(29)15-5-7-16(8-6-15)20(21,22)23;/h5-8,13-14,17H,9-12H2,1-4H3,(H,25,29)(H2,24,26,27);1H. The summed E-state index contributed by atoms with van der Waals surface area (Å²) in [7, 11) is 1.69. The second-order valence-electron chi connectivity index (χ2n) is 7.61. The maximum atomic E-state index is 12.6. The number of benzene rings is 1. The molecule has 0 spiro atoms. The predicted molar refractivity (Wildman–Crippen MR) is 123 cm³/mol. The zero-order valence-electron chi connectivity index (χ0n) is 17.7. The van der Waals surface area contributed by atoms with Crippen LogP contribution < -0.4 is 16.0 Å². The minimum absolute atomic E-state index is 0. The number of alkyl halides is 3. The van der Waals surface area contributed by atoms with Crippen LogP contribution in [-0.4, -0.2) is 62.1 Å². The van der Waals surface area contributed by atoms with Crippen LogP contribution in [0.15, 0.2) is 29.3 Å². The van der Waals surface area contributed by atoms with E-state index in [4.69, 9.17) is 0 Å². The van der Waals surface area contributed by atoms with E-state index in [1.54, 1.807) is 7.05 Å². The molecule has 1 heterocycles. The molecule has 170 valence electrons. The van der Waals surface area contributed by atoms with E-state index in [9.17, 15) is 18.0 Å². The van der Waals surface area contributed by atoms with Gasteiger partial charge in [-0.2, -0.15) is 13.2 Å². The summed E-state index contributed by atoms with van der Waals surface area (Å²) in [6, 6.07) is 4.96. The van der Waals surface area contributed by atoms with Crippen molar-refractivity contribution in [3.05, 3.63) is 35.4 Å². The number of rotatable bonds is 6. The van der Waals surface area contributed by atoms with Crippen molar-refractivity contribution in [1.82, 2.24) is 20.9 Å². The molecule has 0 radical (unpaired) electrons. The average Bonchev–Trinajstić information content (AvgIpc) is 3.04. The molecular weight excluding hydrogens is 510 g/mol. The van der Waals surface area contributed by atoms with Crippen molar-refractivity contribution < 1.29 is 18.0 Å². The Bertz CT molecular complexity index is 709. The monoisotopic (exact) mass is 541 g/mol.